The molecule has 0 spiro atoms. The van der Waals surface area contributed by atoms with Crippen LogP contribution in [-0.2, 0) is 36.5 Å². The zero-order valence-electron chi connectivity index (χ0n) is 26.2. The van der Waals surface area contributed by atoms with Crippen molar-refractivity contribution in [2.75, 3.05) is 14.2 Å². The van der Waals surface area contributed by atoms with E-state index < -0.39 is 47.8 Å². The molecule has 10 nitrogen and oxygen atoms in total. The fourth-order valence-corrected chi connectivity index (χ4v) is 6.46. The van der Waals surface area contributed by atoms with Crippen LogP contribution in [-0.4, -0.2) is 58.8 Å². The van der Waals surface area contributed by atoms with Gasteiger partial charge < -0.3 is 19.7 Å². The van der Waals surface area contributed by atoms with Crippen LogP contribution in [0.5, 0.6) is 0 Å². The molecule has 3 rings (SSSR count). The third-order valence-electron chi connectivity index (χ3n) is 7.38. The Morgan fingerprint density at radius 3 is 2.36 bits per heavy atom. The number of carbonyl (C=O) groups is 4. The molecule has 1 fully saturated rings. The van der Waals surface area contributed by atoms with E-state index in [1.807, 2.05) is 13.8 Å². The lowest BCUT2D eigenvalue weighted by Crippen LogP contribution is -2.39. The van der Waals surface area contributed by atoms with E-state index in [0.29, 0.717) is 23.0 Å². The maximum atomic E-state index is 13.3. The number of thiazole rings is 2. The van der Waals surface area contributed by atoms with Gasteiger partial charge in [-0.2, -0.15) is 13.2 Å². The van der Waals surface area contributed by atoms with Gasteiger partial charge in [-0.15, -0.1) is 22.7 Å². The maximum Gasteiger partial charge on any atom is 0.434 e. The van der Waals surface area contributed by atoms with Gasteiger partial charge in [0.25, 0.3) is 5.91 Å². The third-order valence-corrected chi connectivity index (χ3v) is 9.18. The van der Waals surface area contributed by atoms with Crippen molar-refractivity contribution in [2.45, 2.75) is 91.0 Å². The number of aromatic nitrogens is 2. The van der Waals surface area contributed by atoms with Crippen LogP contribution in [0.25, 0.3) is 0 Å². The molecule has 1 aliphatic carbocycles. The average molecular weight is 673 g/mol. The summed E-state index contributed by atoms with van der Waals surface area (Å²) in [5.74, 6) is -1.80. The van der Waals surface area contributed by atoms with Gasteiger partial charge in [-0.1, -0.05) is 25.3 Å². The molecule has 2 heterocycles. The summed E-state index contributed by atoms with van der Waals surface area (Å²) in [5.41, 5.74) is 0.523. The van der Waals surface area contributed by atoms with Gasteiger partial charge in [0, 0.05) is 55.7 Å². The summed E-state index contributed by atoms with van der Waals surface area (Å²) in [5, 5.41) is 5.63. The number of ether oxygens (including phenoxy) is 2. The lowest BCUT2D eigenvalue weighted by atomic mass is 9.99. The number of allylic oxidation sites excluding steroid dienone is 1. The molecule has 2 amide bonds. The summed E-state index contributed by atoms with van der Waals surface area (Å²) in [7, 11) is 2.92. The van der Waals surface area contributed by atoms with Gasteiger partial charge in [-0.05, 0) is 32.6 Å². The van der Waals surface area contributed by atoms with Crippen molar-refractivity contribution < 1.29 is 41.8 Å². The highest BCUT2D eigenvalue weighted by atomic mass is 32.1. The summed E-state index contributed by atoms with van der Waals surface area (Å²) in [6.07, 6.45) is -1.73. The second kappa shape index (κ2) is 15.8. The Bertz CT molecular complexity index is 1400. The molecule has 0 bridgehead atoms. The monoisotopic (exact) mass is 672 g/mol. The number of nitrogens with one attached hydrogen (secondary N) is 1. The zero-order chi connectivity index (χ0) is 33.5. The molecule has 1 N–H and O–H groups in total. The van der Waals surface area contributed by atoms with Crippen molar-refractivity contribution in [3.8, 4) is 0 Å². The molecule has 0 saturated heterocycles. The topological polar surface area (TPSA) is 128 Å². The number of hydrogen-bond donors (Lipinski definition) is 1. The fraction of sp³-hybridized carbons (Fsp3) is 0.600. The number of alkyl halides is 3. The molecule has 3 atom stereocenters. The Morgan fingerprint density at radius 2 is 1.80 bits per heavy atom. The van der Waals surface area contributed by atoms with Crippen molar-refractivity contribution in [2.24, 2.45) is 11.8 Å². The molecule has 2 aromatic heterocycles. The van der Waals surface area contributed by atoms with Gasteiger partial charge in [0.2, 0.25) is 5.91 Å². The maximum absolute atomic E-state index is 13.3. The highest BCUT2D eigenvalue weighted by molar-refractivity contribution is 7.10. The number of carbonyl (C=O) groups excluding carboxylic acids is 4. The van der Waals surface area contributed by atoms with E-state index in [4.69, 9.17) is 9.47 Å². The number of amides is 2. The number of hydrogen-bond acceptors (Lipinski definition) is 10. The van der Waals surface area contributed by atoms with Crippen LogP contribution in [0.15, 0.2) is 22.0 Å². The van der Waals surface area contributed by atoms with Crippen LogP contribution in [0.1, 0.15) is 98.5 Å². The Labute approximate surface area is 268 Å². The highest BCUT2D eigenvalue weighted by Crippen LogP contribution is 2.35. The minimum atomic E-state index is -4.60. The molecule has 0 radical (unpaired) electrons. The first-order chi connectivity index (χ1) is 21.1. The summed E-state index contributed by atoms with van der Waals surface area (Å²) in [6.45, 7) is 6.58. The molecule has 248 valence electrons. The first-order valence-corrected chi connectivity index (χ1v) is 16.3. The van der Waals surface area contributed by atoms with E-state index in [1.165, 1.54) is 19.4 Å². The molecule has 0 aliphatic heterocycles. The normalized spacial score (nSPS) is 15.0. The van der Waals surface area contributed by atoms with Crippen molar-refractivity contribution >= 4 is 46.4 Å². The summed E-state index contributed by atoms with van der Waals surface area (Å²) >= 11 is 1.91. The van der Waals surface area contributed by atoms with E-state index in [-0.39, 0.29) is 35.9 Å². The third kappa shape index (κ3) is 10.9. The van der Waals surface area contributed by atoms with Crippen LogP contribution in [0.3, 0.4) is 0 Å². The second-order valence-corrected chi connectivity index (χ2v) is 13.2. The largest absolute Gasteiger partial charge is 0.469 e. The lowest BCUT2D eigenvalue weighted by Gasteiger charge is -2.26. The Morgan fingerprint density at radius 1 is 1.11 bits per heavy atom. The van der Waals surface area contributed by atoms with Gasteiger partial charge in [0.1, 0.15) is 10.7 Å². The highest BCUT2D eigenvalue weighted by Gasteiger charge is 2.34. The quantitative estimate of drug-likeness (QED) is 0.225. The molecule has 2 aromatic rings. The van der Waals surface area contributed by atoms with Crippen LogP contribution in [0.4, 0.5) is 13.2 Å². The van der Waals surface area contributed by atoms with Crippen molar-refractivity contribution in [1.82, 2.24) is 20.2 Å². The summed E-state index contributed by atoms with van der Waals surface area (Å²) < 4.78 is 49.7. The van der Waals surface area contributed by atoms with Crippen LogP contribution < -0.4 is 5.32 Å². The minimum absolute atomic E-state index is 0.00519. The molecule has 0 unspecified atom stereocenters. The fourth-order valence-electron chi connectivity index (χ4n) is 4.75. The minimum Gasteiger partial charge on any atom is -0.469 e. The van der Waals surface area contributed by atoms with E-state index in [0.717, 1.165) is 52.9 Å². The van der Waals surface area contributed by atoms with E-state index in [1.54, 1.807) is 18.9 Å². The number of methoxy groups -OCH3 is 1. The lowest BCUT2D eigenvalue weighted by molar-refractivity contribution is -0.147. The first-order valence-electron chi connectivity index (χ1n) is 14.5. The number of nitrogens with zero attached hydrogens (tertiary/aromatic N) is 3. The Hall–Kier alpha value is -3.33. The first kappa shape index (κ1) is 36.1. The van der Waals surface area contributed by atoms with Gasteiger partial charge in [0.05, 0.1) is 18.0 Å². The predicted octanol–water partition coefficient (Wildman–Crippen LogP) is 6.10. The molecule has 0 aromatic carbocycles. The van der Waals surface area contributed by atoms with Crippen LogP contribution in [0, 0.1) is 11.8 Å². The van der Waals surface area contributed by atoms with Crippen molar-refractivity contribution in [1.29, 1.82) is 0 Å². The molecule has 1 aliphatic rings. The zero-order valence-corrected chi connectivity index (χ0v) is 27.8. The van der Waals surface area contributed by atoms with Gasteiger partial charge in [-0.25, -0.2) is 9.97 Å². The smallest absolute Gasteiger partial charge is 0.434 e. The Balaban J connectivity index is 1.78. The summed E-state index contributed by atoms with van der Waals surface area (Å²) in [6, 6.07) is -0.763. The molecule has 45 heavy (non-hydrogen) atoms. The molecule has 1 saturated carbocycles. The standard InChI is InChI=1S/C30H39F3N4O6S2/c1-16(2)22(37(5)26(39)10-9-19-7-8-19)13-23(43-18(4)38)28-35-21(14-45-28)27(40)34-20(11-17(3)29(41)42-6)12-25-36-24(15-44-25)30(31,32)33/h14-15,17,19-20,23H,7-13H2,1-6H3,(H,34,40)/t17-,20+,23+/m0/s1. The second-order valence-electron chi connectivity index (χ2n) is 11.4. The Kier molecular flexibility index (Phi) is 12.7. The van der Waals surface area contributed by atoms with Gasteiger partial charge in [0.15, 0.2) is 11.8 Å². The molecular weight excluding hydrogens is 633 g/mol. The van der Waals surface area contributed by atoms with Crippen LogP contribution >= 0.6 is 22.7 Å². The number of esters is 2. The molecular formula is C30H39F3N4O6S2. The van der Waals surface area contributed by atoms with Gasteiger partial charge in [-0.3, -0.25) is 19.2 Å². The number of halogens is 3. The van der Waals surface area contributed by atoms with Crippen LogP contribution in [0.2, 0.25) is 0 Å². The SMILES string of the molecule is COC(=O)[C@@H](C)C[C@H](Cc1nc(C(F)(F)F)cs1)NC(=O)c1csc([C@@H](CC(=C(C)C)N(C)C(=O)CCC2CC2)OC(C)=O)n1. The number of rotatable bonds is 15. The van der Waals surface area contributed by atoms with Crippen molar-refractivity contribution in [3.63, 3.8) is 0 Å². The van der Waals surface area contributed by atoms with E-state index >= 15 is 0 Å². The average Bonchev–Trinajstić information content (AvgIpc) is 3.43. The van der Waals surface area contributed by atoms with Gasteiger partial charge >= 0.3 is 18.1 Å². The molecule has 15 heteroatoms. The van der Waals surface area contributed by atoms with E-state index in [9.17, 15) is 32.3 Å². The summed E-state index contributed by atoms with van der Waals surface area (Å²) in [4.78, 5) is 60.0. The van der Waals surface area contributed by atoms with Crippen molar-refractivity contribution in [3.05, 3.63) is 43.4 Å². The predicted molar refractivity (Wildman–Crippen MR) is 162 cm³/mol. The van der Waals surface area contributed by atoms with E-state index in [2.05, 4.69) is 15.3 Å².